The summed E-state index contributed by atoms with van der Waals surface area (Å²) in [5, 5.41) is 2.16. The minimum absolute atomic E-state index is 0.212. The maximum Gasteiger partial charge on any atom is 0.405 e. The van der Waals surface area contributed by atoms with Gasteiger partial charge in [-0.3, -0.25) is 9.36 Å². The first-order valence-corrected chi connectivity index (χ1v) is 15.0. The third-order valence-corrected chi connectivity index (χ3v) is 8.54. The second-order valence-corrected chi connectivity index (χ2v) is 13.0. The summed E-state index contributed by atoms with van der Waals surface area (Å²) in [6.07, 6.45) is -2.20. The first-order chi connectivity index (χ1) is 17.9. The molecule has 0 saturated heterocycles. The maximum atomic E-state index is 13.6. The van der Waals surface area contributed by atoms with Crippen LogP contribution in [0.5, 0.6) is 0 Å². The average Bonchev–Trinajstić information content (AvgIpc) is 3.15. The van der Waals surface area contributed by atoms with Crippen molar-refractivity contribution >= 4 is 13.5 Å². The fourth-order valence-electron chi connectivity index (χ4n) is 4.85. The van der Waals surface area contributed by atoms with E-state index in [1.807, 2.05) is 76.2 Å². The number of fused-ring (bicyclic) bond motifs is 3. The van der Waals surface area contributed by atoms with Crippen molar-refractivity contribution in [3.8, 4) is 11.1 Å². The van der Waals surface area contributed by atoms with E-state index >= 15 is 0 Å². The molecule has 210 valence electrons. The smallest absolute Gasteiger partial charge is 0.346 e. The molecule has 9 heteroatoms. The van der Waals surface area contributed by atoms with Gasteiger partial charge in [0.05, 0.1) is 19.4 Å². The number of unbranched alkanes of at least 4 members (excludes halogenated alkanes) is 2. The second kappa shape index (κ2) is 12.8. The Balaban J connectivity index is 1.78. The van der Waals surface area contributed by atoms with Crippen LogP contribution < -0.4 is 5.32 Å². The Hall–Kier alpha value is -2.15. The molecule has 1 aliphatic carbocycles. The number of nitrogens with one attached hydrogen (secondary N) is 1. The van der Waals surface area contributed by atoms with E-state index in [0.717, 1.165) is 11.1 Å². The van der Waals surface area contributed by atoms with Crippen molar-refractivity contribution in [2.24, 2.45) is 11.8 Å². The molecule has 0 heterocycles. The van der Waals surface area contributed by atoms with Crippen molar-refractivity contribution < 1.29 is 31.6 Å². The lowest BCUT2D eigenvalue weighted by Gasteiger charge is -2.31. The van der Waals surface area contributed by atoms with Crippen LogP contribution >= 0.6 is 7.60 Å². The van der Waals surface area contributed by atoms with Gasteiger partial charge in [-0.25, -0.2) is 0 Å². The second-order valence-electron chi connectivity index (χ2n) is 10.8. The lowest BCUT2D eigenvalue weighted by Crippen LogP contribution is -2.47. The molecule has 0 fully saturated rings. The molecule has 0 unspecified atom stereocenters. The molecular weight excluding hydrogens is 514 g/mol. The summed E-state index contributed by atoms with van der Waals surface area (Å²) >= 11 is 0. The minimum atomic E-state index is -4.51. The van der Waals surface area contributed by atoms with Crippen molar-refractivity contribution in [1.29, 1.82) is 0 Å². The first kappa shape index (κ1) is 30.4. The van der Waals surface area contributed by atoms with E-state index in [4.69, 9.17) is 9.05 Å². The van der Waals surface area contributed by atoms with Gasteiger partial charge in [0, 0.05) is 0 Å². The van der Waals surface area contributed by atoms with Crippen LogP contribution in [0, 0.1) is 11.8 Å². The highest BCUT2D eigenvalue weighted by Gasteiger charge is 2.49. The Morgan fingerprint density at radius 2 is 1.37 bits per heavy atom. The fraction of sp³-hybridized carbons (Fsp3) is 0.552. The number of hydrogen-bond acceptors (Lipinski definition) is 4. The molecule has 2 aromatic carbocycles. The van der Waals surface area contributed by atoms with E-state index in [0.29, 0.717) is 50.0 Å². The minimum Gasteiger partial charge on any atom is -0.346 e. The van der Waals surface area contributed by atoms with Gasteiger partial charge in [-0.05, 0) is 46.9 Å². The molecule has 0 radical (unpaired) electrons. The van der Waals surface area contributed by atoms with Crippen LogP contribution in [0.25, 0.3) is 11.1 Å². The number of carbonyl (C=O) groups is 1. The molecule has 1 aliphatic rings. The third-order valence-electron chi connectivity index (χ3n) is 6.59. The van der Waals surface area contributed by atoms with Crippen LogP contribution in [0.1, 0.15) is 64.5 Å². The number of alkyl halides is 3. The highest BCUT2D eigenvalue weighted by molar-refractivity contribution is 7.53. The standard InChI is InChI=1S/C29H39F3NO4P/c1-21(2)18-36-38(35,37-19-22(3)4)17-11-5-10-16-28(27(34)33-20-29(30,31)32)25-14-8-6-12-23(25)24-13-7-9-15-26(24)28/h6-9,12-15,21-22H,5,10-11,16-20H2,1-4H3,(H,33,34). The van der Waals surface area contributed by atoms with E-state index in [9.17, 15) is 22.5 Å². The van der Waals surface area contributed by atoms with Gasteiger partial charge in [0.25, 0.3) is 0 Å². The monoisotopic (exact) mass is 553 g/mol. The molecule has 0 spiro atoms. The van der Waals surface area contributed by atoms with Crippen LogP contribution in [0.2, 0.25) is 0 Å². The zero-order chi connectivity index (χ0) is 28.0. The number of benzene rings is 2. The molecule has 0 bridgehead atoms. The van der Waals surface area contributed by atoms with Gasteiger partial charge < -0.3 is 14.4 Å². The van der Waals surface area contributed by atoms with Gasteiger partial charge in [0.2, 0.25) is 5.91 Å². The quantitative estimate of drug-likeness (QED) is 0.192. The SMILES string of the molecule is CC(C)COP(=O)(CCCCCC1(C(=O)NCC(F)(F)F)c2ccccc2-c2ccccc21)OCC(C)C. The molecule has 2 aromatic rings. The Morgan fingerprint density at radius 1 is 0.868 bits per heavy atom. The normalized spacial score (nSPS) is 14.6. The molecule has 1 N–H and O–H groups in total. The summed E-state index contributed by atoms with van der Waals surface area (Å²) in [5.74, 6) is -0.231. The molecule has 0 saturated carbocycles. The van der Waals surface area contributed by atoms with Crippen molar-refractivity contribution in [1.82, 2.24) is 5.32 Å². The summed E-state index contributed by atoms with van der Waals surface area (Å²) in [6, 6.07) is 14.8. The lowest BCUT2D eigenvalue weighted by molar-refractivity contribution is -0.141. The predicted octanol–water partition coefficient (Wildman–Crippen LogP) is 7.73. The number of halogens is 3. The Labute approximate surface area is 224 Å². The lowest BCUT2D eigenvalue weighted by atomic mass is 9.73. The van der Waals surface area contributed by atoms with Crippen molar-refractivity contribution in [2.45, 2.75) is 65.0 Å². The Morgan fingerprint density at radius 3 is 1.84 bits per heavy atom. The van der Waals surface area contributed by atoms with Gasteiger partial charge in [-0.1, -0.05) is 89.1 Å². The van der Waals surface area contributed by atoms with Gasteiger partial charge >= 0.3 is 13.8 Å². The maximum absolute atomic E-state index is 13.6. The Bertz CT molecular complexity index is 1070. The van der Waals surface area contributed by atoms with Crippen LogP contribution in [0.4, 0.5) is 13.2 Å². The number of hydrogen-bond donors (Lipinski definition) is 1. The van der Waals surface area contributed by atoms with Crippen LogP contribution in [0.3, 0.4) is 0 Å². The number of rotatable bonds is 14. The highest BCUT2D eigenvalue weighted by atomic mass is 31.2. The zero-order valence-electron chi connectivity index (χ0n) is 22.6. The van der Waals surface area contributed by atoms with Gasteiger partial charge in [0.15, 0.2) is 0 Å². The number of carbonyl (C=O) groups excluding carboxylic acids is 1. The summed E-state index contributed by atoms with van der Waals surface area (Å²) in [4.78, 5) is 13.6. The van der Waals surface area contributed by atoms with E-state index < -0.39 is 31.6 Å². The summed E-state index contributed by atoms with van der Waals surface area (Å²) in [5.41, 5.74) is 1.92. The van der Waals surface area contributed by atoms with Gasteiger partial charge in [-0.2, -0.15) is 13.2 Å². The molecule has 5 nitrogen and oxygen atoms in total. The first-order valence-electron chi connectivity index (χ1n) is 13.3. The molecular formula is C29H39F3NO4P. The largest absolute Gasteiger partial charge is 0.405 e. The molecule has 0 aromatic heterocycles. The summed E-state index contributed by atoms with van der Waals surface area (Å²) < 4.78 is 63.8. The summed E-state index contributed by atoms with van der Waals surface area (Å²) in [6.45, 7) is 7.21. The van der Waals surface area contributed by atoms with E-state index in [1.165, 1.54) is 0 Å². The van der Waals surface area contributed by atoms with Crippen LogP contribution in [-0.4, -0.2) is 38.0 Å². The summed E-state index contributed by atoms with van der Waals surface area (Å²) in [7, 11) is -3.27. The average molecular weight is 554 g/mol. The predicted molar refractivity (Wildman–Crippen MR) is 144 cm³/mol. The molecule has 0 aliphatic heterocycles. The Kier molecular flexibility index (Phi) is 10.2. The van der Waals surface area contributed by atoms with Gasteiger partial charge in [-0.15, -0.1) is 0 Å². The van der Waals surface area contributed by atoms with E-state index in [2.05, 4.69) is 5.32 Å². The van der Waals surface area contributed by atoms with Crippen LogP contribution in [0.15, 0.2) is 48.5 Å². The highest BCUT2D eigenvalue weighted by Crippen LogP contribution is 2.52. The van der Waals surface area contributed by atoms with Crippen molar-refractivity contribution in [3.05, 3.63) is 59.7 Å². The van der Waals surface area contributed by atoms with Crippen molar-refractivity contribution in [3.63, 3.8) is 0 Å². The van der Waals surface area contributed by atoms with E-state index in [1.54, 1.807) is 0 Å². The molecule has 1 amide bonds. The topological polar surface area (TPSA) is 64.6 Å². The number of amides is 1. The van der Waals surface area contributed by atoms with Gasteiger partial charge in [0.1, 0.15) is 12.0 Å². The molecule has 0 atom stereocenters. The van der Waals surface area contributed by atoms with E-state index in [-0.39, 0.29) is 18.0 Å². The zero-order valence-corrected chi connectivity index (χ0v) is 23.5. The fourth-order valence-corrected chi connectivity index (χ4v) is 6.84. The van der Waals surface area contributed by atoms with Crippen LogP contribution in [-0.2, 0) is 23.8 Å². The molecule has 3 rings (SSSR count). The third kappa shape index (κ3) is 7.49. The molecule has 38 heavy (non-hydrogen) atoms. The van der Waals surface area contributed by atoms with Crippen molar-refractivity contribution in [2.75, 3.05) is 25.9 Å².